The van der Waals surface area contributed by atoms with Crippen molar-refractivity contribution in [3.05, 3.63) is 58.6 Å². The molecule has 2 aromatic rings. The van der Waals surface area contributed by atoms with Crippen LogP contribution in [-0.2, 0) is 10.0 Å². The third-order valence-corrected chi connectivity index (χ3v) is 5.29. The van der Waals surface area contributed by atoms with Crippen molar-refractivity contribution in [3.8, 4) is 11.5 Å². The number of sulfonamides is 1. The second-order valence-corrected chi connectivity index (χ2v) is 7.94. The highest BCUT2D eigenvalue weighted by molar-refractivity contribution is 7.92. The third kappa shape index (κ3) is 4.17. The van der Waals surface area contributed by atoms with Crippen LogP contribution in [0.15, 0.2) is 42.5 Å². The van der Waals surface area contributed by atoms with Gasteiger partial charge in [-0.2, -0.15) is 0 Å². The first-order valence-electron chi connectivity index (χ1n) is 7.80. The maximum atomic E-state index is 12.3. The topological polar surface area (TPSA) is 81.7 Å². The average molecular weight is 394 g/mol. The highest BCUT2D eigenvalue weighted by Crippen LogP contribution is 2.40. The quantitative estimate of drug-likeness (QED) is 0.597. The molecular formula is C18H16ClNO5S. The Bertz CT molecular complexity index is 968. The van der Waals surface area contributed by atoms with Gasteiger partial charge < -0.3 is 9.47 Å². The van der Waals surface area contributed by atoms with Gasteiger partial charge in [0.2, 0.25) is 16.8 Å². The summed E-state index contributed by atoms with van der Waals surface area (Å²) < 4.78 is 36.0. The van der Waals surface area contributed by atoms with Gasteiger partial charge in [-0.1, -0.05) is 17.7 Å². The van der Waals surface area contributed by atoms with E-state index in [1.807, 2.05) is 0 Å². The first-order chi connectivity index (χ1) is 12.4. The number of ether oxygens (including phenoxy) is 2. The lowest BCUT2D eigenvalue weighted by Crippen LogP contribution is -2.14. The molecule has 2 aromatic carbocycles. The predicted molar refractivity (Wildman–Crippen MR) is 100 cm³/mol. The van der Waals surface area contributed by atoms with E-state index in [0.717, 1.165) is 0 Å². The normalized spacial score (nSPS) is 13.2. The number of benzene rings is 2. The van der Waals surface area contributed by atoms with Gasteiger partial charge in [-0.3, -0.25) is 9.52 Å². The average Bonchev–Trinajstić information content (AvgIpc) is 3.09. The fraction of sp³-hybridized carbons (Fsp3) is 0.167. The Labute approximate surface area is 156 Å². The number of anilines is 1. The van der Waals surface area contributed by atoms with Crippen molar-refractivity contribution in [2.24, 2.45) is 0 Å². The summed E-state index contributed by atoms with van der Waals surface area (Å²) in [4.78, 5) is 12.3. The van der Waals surface area contributed by atoms with E-state index >= 15 is 0 Å². The molecular weight excluding hydrogens is 378 g/mol. The van der Waals surface area contributed by atoms with Crippen molar-refractivity contribution in [3.63, 3.8) is 0 Å². The highest BCUT2D eigenvalue weighted by Gasteiger charge is 2.17. The van der Waals surface area contributed by atoms with Gasteiger partial charge in [-0.05, 0) is 55.0 Å². The Morgan fingerprint density at radius 2 is 1.96 bits per heavy atom. The van der Waals surface area contributed by atoms with Gasteiger partial charge in [0.05, 0.1) is 10.8 Å². The summed E-state index contributed by atoms with van der Waals surface area (Å²) in [6.07, 6.45) is 3.04. The van der Waals surface area contributed by atoms with Crippen LogP contribution in [0.3, 0.4) is 0 Å². The summed E-state index contributed by atoms with van der Waals surface area (Å²) in [6.45, 7) is 1.67. The van der Waals surface area contributed by atoms with E-state index in [2.05, 4.69) is 4.72 Å². The molecule has 1 N–H and O–H groups in total. The first-order valence-corrected chi connectivity index (χ1v) is 9.83. The lowest BCUT2D eigenvalue weighted by atomic mass is 10.1. The van der Waals surface area contributed by atoms with E-state index in [0.29, 0.717) is 33.3 Å². The Morgan fingerprint density at radius 1 is 1.23 bits per heavy atom. The molecule has 6 nitrogen and oxygen atoms in total. The van der Waals surface area contributed by atoms with Crippen LogP contribution in [0.5, 0.6) is 11.5 Å². The molecule has 0 atom stereocenters. The van der Waals surface area contributed by atoms with E-state index in [-0.39, 0.29) is 18.3 Å². The molecule has 0 spiro atoms. The molecule has 0 fully saturated rings. The van der Waals surface area contributed by atoms with E-state index < -0.39 is 10.0 Å². The largest absolute Gasteiger partial charge is 0.454 e. The van der Waals surface area contributed by atoms with Crippen molar-refractivity contribution in [2.75, 3.05) is 17.3 Å². The van der Waals surface area contributed by atoms with E-state index in [4.69, 9.17) is 21.1 Å². The minimum absolute atomic E-state index is 0.0193. The van der Waals surface area contributed by atoms with Gasteiger partial charge in [-0.25, -0.2) is 8.42 Å². The van der Waals surface area contributed by atoms with Crippen LogP contribution in [-0.4, -0.2) is 26.7 Å². The van der Waals surface area contributed by atoms with Crippen LogP contribution >= 0.6 is 11.6 Å². The van der Waals surface area contributed by atoms with E-state index in [9.17, 15) is 13.2 Å². The molecule has 0 saturated carbocycles. The van der Waals surface area contributed by atoms with Crippen LogP contribution in [0, 0.1) is 0 Å². The molecule has 0 aliphatic carbocycles. The van der Waals surface area contributed by atoms with Crippen LogP contribution in [0.4, 0.5) is 5.69 Å². The summed E-state index contributed by atoms with van der Waals surface area (Å²) >= 11 is 6.11. The number of allylic oxidation sites excluding steroid dienone is 1. The Balaban J connectivity index is 1.72. The van der Waals surface area contributed by atoms with Crippen molar-refractivity contribution in [2.45, 2.75) is 6.92 Å². The van der Waals surface area contributed by atoms with Gasteiger partial charge in [0, 0.05) is 11.3 Å². The van der Waals surface area contributed by atoms with Gasteiger partial charge in [0.25, 0.3) is 0 Å². The number of halogens is 1. The fourth-order valence-corrected chi connectivity index (χ4v) is 3.22. The molecule has 0 radical (unpaired) electrons. The molecule has 8 heteroatoms. The SMILES string of the molecule is CCS(=O)(=O)Nc1ccc(C(=O)/C=C/c2cc(Cl)c3c(c2)OCO3)cc1. The lowest BCUT2D eigenvalue weighted by Gasteiger charge is -2.06. The Kier molecular flexibility index (Phi) is 5.20. The monoisotopic (exact) mass is 393 g/mol. The van der Waals surface area contributed by atoms with Crippen molar-refractivity contribution in [1.29, 1.82) is 0 Å². The zero-order valence-electron chi connectivity index (χ0n) is 13.9. The summed E-state index contributed by atoms with van der Waals surface area (Å²) in [5.74, 6) is 0.801. The zero-order valence-corrected chi connectivity index (χ0v) is 15.4. The molecule has 1 heterocycles. The molecule has 0 aromatic heterocycles. The first kappa shape index (κ1) is 18.3. The summed E-state index contributed by atoms with van der Waals surface area (Å²) in [5.41, 5.74) is 1.56. The van der Waals surface area contributed by atoms with E-state index in [1.54, 1.807) is 49.4 Å². The summed E-state index contributed by atoms with van der Waals surface area (Å²) in [6, 6.07) is 9.64. The second-order valence-electron chi connectivity index (χ2n) is 5.52. The van der Waals surface area contributed by atoms with Crippen molar-refractivity contribution in [1.82, 2.24) is 0 Å². The number of carbonyl (C=O) groups excluding carboxylic acids is 1. The van der Waals surface area contributed by atoms with Crippen molar-refractivity contribution >= 4 is 39.2 Å². The minimum Gasteiger partial charge on any atom is -0.454 e. The van der Waals surface area contributed by atoms with E-state index in [1.165, 1.54) is 6.08 Å². The molecule has 136 valence electrons. The predicted octanol–water partition coefficient (Wildman–Crippen LogP) is 3.73. The smallest absolute Gasteiger partial charge is 0.232 e. The fourth-order valence-electron chi connectivity index (χ4n) is 2.31. The van der Waals surface area contributed by atoms with Gasteiger partial charge >= 0.3 is 0 Å². The van der Waals surface area contributed by atoms with Gasteiger partial charge in [0.15, 0.2) is 17.3 Å². The van der Waals surface area contributed by atoms with Crippen LogP contribution in [0.2, 0.25) is 5.02 Å². The maximum absolute atomic E-state index is 12.3. The third-order valence-electron chi connectivity index (χ3n) is 3.70. The summed E-state index contributed by atoms with van der Waals surface area (Å²) in [5, 5.41) is 0.416. The molecule has 0 amide bonds. The maximum Gasteiger partial charge on any atom is 0.232 e. The second kappa shape index (κ2) is 7.39. The van der Waals surface area contributed by atoms with Gasteiger partial charge in [-0.15, -0.1) is 0 Å². The molecule has 26 heavy (non-hydrogen) atoms. The number of ketones is 1. The Morgan fingerprint density at radius 3 is 2.65 bits per heavy atom. The number of nitrogens with one attached hydrogen (secondary N) is 1. The summed E-state index contributed by atoms with van der Waals surface area (Å²) in [7, 11) is -3.34. The number of hydrogen-bond acceptors (Lipinski definition) is 5. The Hall–Kier alpha value is -2.51. The molecule has 1 aliphatic heterocycles. The van der Waals surface area contributed by atoms with Gasteiger partial charge in [0.1, 0.15) is 0 Å². The molecule has 0 saturated heterocycles. The molecule has 3 rings (SSSR count). The number of carbonyl (C=O) groups is 1. The molecule has 0 bridgehead atoms. The van der Waals surface area contributed by atoms with Crippen LogP contribution in [0.1, 0.15) is 22.8 Å². The highest BCUT2D eigenvalue weighted by atomic mass is 35.5. The van der Waals surface area contributed by atoms with Crippen molar-refractivity contribution < 1.29 is 22.7 Å². The standard InChI is InChI=1S/C18H16ClNO5S/c1-2-26(22,23)20-14-6-4-13(5-7-14)16(21)8-3-12-9-15(19)18-17(10-12)24-11-25-18/h3-10,20H,2,11H2,1H3/b8-3+. The number of fused-ring (bicyclic) bond motifs is 1. The van der Waals surface area contributed by atoms with Crippen LogP contribution < -0.4 is 14.2 Å². The number of rotatable bonds is 6. The minimum atomic E-state index is -3.34. The zero-order chi connectivity index (χ0) is 18.7. The number of hydrogen-bond donors (Lipinski definition) is 1. The molecule has 1 aliphatic rings. The molecule has 0 unspecified atom stereocenters. The lowest BCUT2D eigenvalue weighted by molar-refractivity contribution is 0.104. The van der Waals surface area contributed by atoms with Crippen LogP contribution in [0.25, 0.3) is 6.08 Å².